The minimum Gasteiger partial charge on any atom is -0.455 e. The Morgan fingerprint density at radius 2 is 1.13 bits per heavy atom. The van der Waals surface area contributed by atoms with Gasteiger partial charge in [0.1, 0.15) is 11.2 Å². The van der Waals surface area contributed by atoms with E-state index in [1.807, 2.05) is 11.3 Å². The predicted molar refractivity (Wildman–Crippen MR) is 221 cm³/mol. The molecule has 0 aliphatic carbocycles. The first kappa shape index (κ1) is 29.1. The molecule has 0 saturated carbocycles. The van der Waals surface area contributed by atoms with E-state index in [1.165, 1.54) is 42.0 Å². The molecular weight excluding hydrogens is 653 g/mol. The maximum absolute atomic E-state index is 6.88. The minimum atomic E-state index is 0.873. The highest BCUT2D eigenvalue weighted by molar-refractivity contribution is 7.26. The lowest BCUT2D eigenvalue weighted by molar-refractivity contribution is 0.670. The van der Waals surface area contributed by atoms with Gasteiger partial charge in [-0.3, -0.25) is 0 Å². The highest BCUT2D eigenvalue weighted by Gasteiger charge is 2.24. The molecule has 11 aromatic rings. The van der Waals surface area contributed by atoms with E-state index in [2.05, 4.69) is 191 Å². The summed E-state index contributed by atoms with van der Waals surface area (Å²) in [5.74, 6) is 0. The van der Waals surface area contributed by atoms with Crippen LogP contribution in [0.4, 0.5) is 17.1 Å². The predicted octanol–water partition coefficient (Wildman–Crippen LogP) is 14.2. The SMILES string of the molecule is c1ccc(N(c2cccc3c2sc2ccccc23)c2ccc(-c3cccc(-n4c5ccccc5c5ccccc54)c3)c3oc4ccccc4c23)cc1. The summed E-state index contributed by atoms with van der Waals surface area (Å²) in [5, 5.41) is 7.25. The Kier molecular flexibility index (Phi) is 6.42. The second kappa shape index (κ2) is 11.5. The van der Waals surface area contributed by atoms with Gasteiger partial charge in [0.2, 0.25) is 0 Å². The van der Waals surface area contributed by atoms with Crippen LogP contribution >= 0.6 is 11.3 Å². The molecule has 0 fully saturated rings. The molecular formula is C48H30N2OS. The minimum absolute atomic E-state index is 0.873. The Balaban J connectivity index is 1.17. The van der Waals surface area contributed by atoms with Gasteiger partial charge in [0.15, 0.2) is 0 Å². The number of thiophene rings is 1. The normalized spacial score (nSPS) is 11.8. The Bertz CT molecular complexity index is 3100. The van der Waals surface area contributed by atoms with Crippen LogP contribution < -0.4 is 4.90 Å². The molecule has 0 amide bonds. The maximum atomic E-state index is 6.88. The largest absolute Gasteiger partial charge is 0.455 e. The third kappa shape index (κ3) is 4.31. The van der Waals surface area contributed by atoms with Crippen LogP contribution in [0, 0.1) is 0 Å². The molecule has 3 nitrogen and oxygen atoms in total. The van der Waals surface area contributed by atoms with Crippen molar-refractivity contribution in [1.82, 2.24) is 4.57 Å². The van der Waals surface area contributed by atoms with E-state index in [-0.39, 0.29) is 0 Å². The number of rotatable bonds is 5. The van der Waals surface area contributed by atoms with Gasteiger partial charge >= 0.3 is 0 Å². The Morgan fingerprint density at radius 3 is 1.94 bits per heavy atom. The van der Waals surface area contributed by atoms with E-state index < -0.39 is 0 Å². The lowest BCUT2D eigenvalue weighted by atomic mass is 9.99. The summed E-state index contributed by atoms with van der Waals surface area (Å²) in [6, 6.07) is 65.3. The number of aromatic nitrogens is 1. The average molecular weight is 683 g/mol. The summed E-state index contributed by atoms with van der Waals surface area (Å²) in [4.78, 5) is 2.42. The number of nitrogens with zero attached hydrogens (tertiary/aromatic N) is 2. The fourth-order valence-corrected chi connectivity index (χ4v) is 9.34. The summed E-state index contributed by atoms with van der Waals surface area (Å²) in [6.07, 6.45) is 0. The number of benzene rings is 8. The van der Waals surface area contributed by atoms with Crippen molar-refractivity contribution >= 4 is 92.3 Å². The third-order valence-corrected chi connectivity index (χ3v) is 11.6. The smallest absolute Gasteiger partial charge is 0.145 e. The number of anilines is 3. The van der Waals surface area contributed by atoms with Crippen molar-refractivity contribution in [1.29, 1.82) is 0 Å². The second-order valence-corrected chi connectivity index (χ2v) is 14.3. The Labute approximate surface area is 303 Å². The zero-order valence-corrected chi connectivity index (χ0v) is 28.8. The van der Waals surface area contributed by atoms with Crippen molar-refractivity contribution in [3.63, 3.8) is 0 Å². The molecule has 0 atom stereocenters. The van der Waals surface area contributed by atoms with E-state index in [9.17, 15) is 0 Å². The molecule has 4 heteroatoms. The highest BCUT2D eigenvalue weighted by atomic mass is 32.1. The van der Waals surface area contributed by atoms with Crippen molar-refractivity contribution < 1.29 is 4.42 Å². The van der Waals surface area contributed by atoms with Gasteiger partial charge in [-0.05, 0) is 72.3 Å². The number of fused-ring (bicyclic) bond motifs is 9. The first-order valence-electron chi connectivity index (χ1n) is 17.6. The Hall–Kier alpha value is -6.62. The standard InChI is InChI=1S/C48H30N2OS/c1-2-15-32(16-3-1)49(43-25-13-22-38-37-20-7-11-27-45(37)52-48(38)43)42-29-28-34(47-46(42)39-21-6-10-26-44(39)51-47)31-14-12-17-33(30-31)50-40-23-8-4-18-35(40)36-19-5-9-24-41(36)50/h1-30H. The second-order valence-electron chi connectivity index (χ2n) is 13.3. The van der Waals surface area contributed by atoms with Crippen molar-refractivity contribution in [2.24, 2.45) is 0 Å². The molecule has 0 N–H and O–H groups in total. The molecule has 0 saturated heterocycles. The monoisotopic (exact) mass is 682 g/mol. The molecule has 11 rings (SSSR count). The van der Waals surface area contributed by atoms with Crippen molar-refractivity contribution in [2.75, 3.05) is 4.90 Å². The van der Waals surface area contributed by atoms with Gasteiger partial charge in [-0.25, -0.2) is 0 Å². The number of hydrogen-bond acceptors (Lipinski definition) is 3. The molecule has 0 radical (unpaired) electrons. The van der Waals surface area contributed by atoms with Crippen molar-refractivity contribution in [3.05, 3.63) is 182 Å². The van der Waals surface area contributed by atoms with Gasteiger partial charge in [0, 0.05) is 48.6 Å². The zero-order valence-electron chi connectivity index (χ0n) is 28.0. The van der Waals surface area contributed by atoms with Crippen LogP contribution in [-0.2, 0) is 0 Å². The van der Waals surface area contributed by atoms with Crippen LogP contribution in [0.25, 0.3) is 80.7 Å². The van der Waals surface area contributed by atoms with Crippen LogP contribution in [-0.4, -0.2) is 4.57 Å². The molecule has 0 unspecified atom stereocenters. The van der Waals surface area contributed by atoms with Crippen molar-refractivity contribution in [3.8, 4) is 16.8 Å². The van der Waals surface area contributed by atoms with Crippen LogP contribution in [0.1, 0.15) is 0 Å². The van der Waals surface area contributed by atoms with Crippen LogP contribution in [0.15, 0.2) is 186 Å². The topological polar surface area (TPSA) is 21.3 Å². The van der Waals surface area contributed by atoms with E-state index in [1.54, 1.807) is 0 Å². The molecule has 3 aromatic heterocycles. The fourth-order valence-electron chi connectivity index (χ4n) is 8.13. The van der Waals surface area contributed by atoms with Crippen LogP contribution in [0.2, 0.25) is 0 Å². The van der Waals surface area contributed by atoms with Gasteiger partial charge < -0.3 is 13.9 Å². The summed E-state index contributed by atoms with van der Waals surface area (Å²) in [5.41, 5.74) is 10.7. The molecule has 0 aliphatic rings. The van der Waals surface area contributed by atoms with E-state index >= 15 is 0 Å². The first-order valence-corrected chi connectivity index (χ1v) is 18.4. The fraction of sp³-hybridized carbons (Fsp3) is 0. The highest BCUT2D eigenvalue weighted by Crippen LogP contribution is 2.49. The molecule has 8 aromatic carbocycles. The lowest BCUT2D eigenvalue weighted by Gasteiger charge is -2.27. The summed E-state index contributed by atoms with van der Waals surface area (Å²) < 4.78 is 11.8. The third-order valence-electron chi connectivity index (χ3n) is 10.4. The number of para-hydroxylation sites is 4. The Morgan fingerprint density at radius 1 is 0.481 bits per heavy atom. The molecule has 3 heterocycles. The van der Waals surface area contributed by atoms with Crippen LogP contribution in [0.5, 0.6) is 0 Å². The molecule has 0 aliphatic heterocycles. The number of furan rings is 1. The van der Waals surface area contributed by atoms with Crippen molar-refractivity contribution in [2.45, 2.75) is 0 Å². The van der Waals surface area contributed by atoms with E-state index in [0.717, 1.165) is 55.8 Å². The number of hydrogen-bond donors (Lipinski definition) is 0. The summed E-state index contributed by atoms with van der Waals surface area (Å²) in [6.45, 7) is 0. The zero-order chi connectivity index (χ0) is 34.2. The van der Waals surface area contributed by atoms with Crippen LogP contribution in [0.3, 0.4) is 0 Å². The van der Waals surface area contributed by atoms with Gasteiger partial charge in [-0.2, -0.15) is 0 Å². The summed E-state index contributed by atoms with van der Waals surface area (Å²) >= 11 is 1.85. The van der Waals surface area contributed by atoms with Gasteiger partial charge in [0.05, 0.1) is 32.5 Å². The van der Waals surface area contributed by atoms with Gasteiger partial charge in [0.25, 0.3) is 0 Å². The van der Waals surface area contributed by atoms with E-state index in [0.29, 0.717) is 0 Å². The maximum Gasteiger partial charge on any atom is 0.145 e. The molecule has 244 valence electrons. The summed E-state index contributed by atoms with van der Waals surface area (Å²) in [7, 11) is 0. The quantitative estimate of drug-likeness (QED) is 0.180. The lowest BCUT2D eigenvalue weighted by Crippen LogP contribution is -2.10. The average Bonchev–Trinajstić information content (AvgIpc) is 3.89. The van der Waals surface area contributed by atoms with E-state index in [4.69, 9.17) is 4.42 Å². The van der Waals surface area contributed by atoms with Gasteiger partial charge in [-0.15, -0.1) is 11.3 Å². The molecule has 0 bridgehead atoms. The molecule has 0 spiro atoms. The molecule has 52 heavy (non-hydrogen) atoms. The first-order chi connectivity index (χ1) is 25.8. The van der Waals surface area contributed by atoms with Gasteiger partial charge in [-0.1, -0.05) is 115 Å².